The fraction of sp³-hybridized carbons (Fsp3) is 0.417. The summed E-state index contributed by atoms with van der Waals surface area (Å²) in [7, 11) is 0. The van der Waals surface area contributed by atoms with Gasteiger partial charge in [-0.3, -0.25) is 4.79 Å². The van der Waals surface area contributed by atoms with E-state index in [1.165, 1.54) is 0 Å². The predicted octanol–water partition coefficient (Wildman–Crippen LogP) is 1.03. The van der Waals surface area contributed by atoms with Crippen LogP contribution in [0.4, 0.5) is 0 Å². The molecular weight excluding hydrogens is 190 g/mol. The number of hydrogen-bond donors (Lipinski definition) is 1. The van der Waals surface area contributed by atoms with Gasteiger partial charge in [0.25, 0.3) is 0 Å². The Kier molecular flexibility index (Phi) is 2.73. The van der Waals surface area contributed by atoms with Crippen molar-refractivity contribution in [2.45, 2.75) is 19.5 Å². The maximum absolute atomic E-state index is 11.6. The highest BCUT2D eigenvalue weighted by Crippen LogP contribution is 2.27. The van der Waals surface area contributed by atoms with Crippen molar-refractivity contribution >= 4 is 5.91 Å². The van der Waals surface area contributed by atoms with Crippen LogP contribution in [0.2, 0.25) is 0 Å². The molecule has 1 amide bonds. The van der Waals surface area contributed by atoms with Crippen LogP contribution in [-0.4, -0.2) is 28.6 Å². The first-order valence-corrected chi connectivity index (χ1v) is 5.19. The van der Waals surface area contributed by atoms with Crippen LogP contribution >= 0.6 is 0 Å². The minimum atomic E-state index is -0.0290. The van der Waals surface area contributed by atoms with Crippen molar-refractivity contribution < 1.29 is 9.90 Å². The summed E-state index contributed by atoms with van der Waals surface area (Å²) in [4.78, 5) is 13.3. The molecule has 0 radical (unpaired) electrons. The Balaban J connectivity index is 2.04. The number of aliphatic hydroxyl groups excluding tert-OH is 1. The molecule has 1 saturated heterocycles. The molecule has 3 heteroatoms. The number of carbonyl (C=O) groups is 1. The summed E-state index contributed by atoms with van der Waals surface area (Å²) in [5, 5.41) is 9.13. The highest BCUT2D eigenvalue weighted by Gasteiger charge is 2.43. The molecule has 3 nitrogen and oxygen atoms in total. The van der Waals surface area contributed by atoms with Gasteiger partial charge in [-0.25, -0.2) is 0 Å². The van der Waals surface area contributed by atoms with E-state index in [1.54, 1.807) is 4.90 Å². The van der Waals surface area contributed by atoms with Gasteiger partial charge in [-0.2, -0.15) is 0 Å². The van der Waals surface area contributed by atoms with Gasteiger partial charge >= 0.3 is 0 Å². The van der Waals surface area contributed by atoms with Gasteiger partial charge in [-0.1, -0.05) is 37.3 Å². The van der Waals surface area contributed by atoms with Crippen LogP contribution in [-0.2, 0) is 11.3 Å². The molecule has 0 bridgehead atoms. The van der Waals surface area contributed by atoms with Crippen molar-refractivity contribution in [2.75, 3.05) is 6.61 Å². The molecule has 1 fully saturated rings. The summed E-state index contributed by atoms with van der Waals surface area (Å²) in [6, 6.07) is 9.84. The Morgan fingerprint density at radius 1 is 1.33 bits per heavy atom. The molecule has 1 aromatic carbocycles. The second-order valence-electron chi connectivity index (χ2n) is 3.99. The molecule has 1 heterocycles. The SMILES string of the molecule is C[C@H]1C(=O)N(Cc2ccccc2)[C@@H]1CO. The van der Waals surface area contributed by atoms with Crippen molar-refractivity contribution in [2.24, 2.45) is 5.92 Å². The number of amides is 1. The number of aliphatic hydroxyl groups is 1. The molecule has 1 N–H and O–H groups in total. The Hall–Kier alpha value is -1.35. The molecule has 80 valence electrons. The summed E-state index contributed by atoms with van der Waals surface area (Å²) < 4.78 is 0. The number of likely N-dealkylation sites (tertiary alicyclic amines) is 1. The molecule has 2 atom stereocenters. The lowest BCUT2D eigenvalue weighted by atomic mass is 9.89. The first-order chi connectivity index (χ1) is 7.24. The number of β-lactam (4-membered cyclic amide) rings is 1. The third-order valence-electron chi connectivity index (χ3n) is 3.03. The molecule has 2 rings (SSSR count). The topological polar surface area (TPSA) is 40.5 Å². The van der Waals surface area contributed by atoms with E-state index >= 15 is 0 Å². The van der Waals surface area contributed by atoms with E-state index < -0.39 is 0 Å². The molecule has 0 aliphatic carbocycles. The third kappa shape index (κ3) is 1.75. The van der Waals surface area contributed by atoms with Crippen LogP contribution in [0.1, 0.15) is 12.5 Å². The van der Waals surface area contributed by atoms with E-state index in [9.17, 15) is 4.79 Å². The second kappa shape index (κ2) is 4.03. The van der Waals surface area contributed by atoms with E-state index in [2.05, 4.69) is 0 Å². The molecule has 0 spiro atoms. The highest BCUT2D eigenvalue weighted by molar-refractivity contribution is 5.85. The van der Waals surface area contributed by atoms with E-state index in [0.717, 1.165) is 5.56 Å². The van der Waals surface area contributed by atoms with E-state index in [0.29, 0.717) is 6.54 Å². The van der Waals surface area contributed by atoms with Crippen molar-refractivity contribution in [1.82, 2.24) is 4.90 Å². The molecular formula is C12H15NO2. The van der Waals surface area contributed by atoms with Crippen molar-refractivity contribution in [3.8, 4) is 0 Å². The van der Waals surface area contributed by atoms with Gasteiger partial charge in [0.05, 0.1) is 18.6 Å². The standard InChI is InChI=1S/C12H15NO2/c1-9-11(8-14)13(12(9)15)7-10-5-3-2-4-6-10/h2-6,9,11,14H,7-8H2,1H3/t9-,11-/m1/s1. The zero-order chi connectivity index (χ0) is 10.8. The first-order valence-electron chi connectivity index (χ1n) is 5.19. The minimum absolute atomic E-state index is 0.00212. The average Bonchev–Trinajstić information content (AvgIpc) is 2.29. The maximum atomic E-state index is 11.6. The van der Waals surface area contributed by atoms with Crippen molar-refractivity contribution in [3.05, 3.63) is 35.9 Å². The van der Waals surface area contributed by atoms with Gasteiger partial charge in [0.2, 0.25) is 5.91 Å². The molecule has 1 aromatic rings. The first kappa shape index (κ1) is 10.2. The normalized spacial score (nSPS) is 25.2. The van der Waals surface area contributed by atoms with Gasteiger partial charge in [0.15, 0.2) is 0 Å². The highest BCUT2D eigenvalue weighted by atomic mass is 16.3. The van der Waals surface area contributed by atoms with Crippen molar-refractivity contribution in [3.63, 3.8) is 0 Å². The van der Waals surface area contributed by atoms with Gasteiger partial charge in [-0.15, -0.1) is 0 Å². The van der Waals surface area contributed by atoms with Crippen LogP contribution in [0.5, 0.6) is 0 Å². The summed E-state index contributed by atoms with van der Waals surface area (Å²) >= 11 is 0. The summed E-state index contributed by atoms with van der Waals surface area (Å²) in [6.45, 7) is 2.53. The van der Waals surface area contributed by atoms with Crippen LogP contribution in [0.25, 0.3) is 0 Å². The summed E-state index contributed by atoms with van der Waals surface area (Å²) in [5.74, 6) is 0.108. The largest absolute Gasteiger partial charge is 0.394 e. The zero-order valence-corrected chi connectivity index (χ0v) is 8.76. The van der Waals surface area contributed by atoms with Gasteiger partial charge < -0.3 is 10.0 Å². The van der Waals surface area contributed by atoms with Crippen LogP contribution in [0.15, 0.2) is 30.3 Å². The molecule has 0 saturated carbocycles. The van der Waals surface area contributed by atoms with E-state index in [1.807, 2.05) is 37.3 Å². The lowest BCUT2D eigenvalue weighted by molar-refractivity contribution is -0.158. The fourth-order valence-electron chi connectivity index (χ4n) is 2.01. The minimum Gasteiger partial charge on any atom is -0.394 e. The molecule has 15 heavy (non-hydrogen) atoms. The van der Waals surface area contributed by atoms with Gasteiger partial charge in [0.1, 0.15) is 0 Å². The van der Waals surface area contributed by atoms with E-state index in [4.69, 9.17) is 5.11 Å². The van der Waals surface area contributed by atoms with Gasteiger partial charge in [-0.05, 0) is 5.56 Å². The molecule has 0 unspecified atom stereocenters. The molecule has 1 aliphatic rings. The predicted molar refractivity (Wildman–Crippen MR) is 57.0 cm³/mol. The Bertz CT molecular complexity index is 350. The van der Waals surface area contributed by atoms with Crippen LogP contribution < -0.4 is 0 Å². The van der Waals surface area contributed by atoms with Crippen LogP contribution in [0, 0.1) is 5.92 Å². The summed E-state index contributed by atoms with van der Waals surface area (Å²) in [5.41, 5.74) is 1.11. The molecule has 0 aromatic heterocycles. The number of rotatable bonds is 3. The number of hydrogen-bond acceptors (Lipinski definition) is 2. The van der Waals surface area contributed by atoms with Gasteiger partial charge in [0, 0.05) is 6.54 Å². The Labute approximate surface area is 89.3 Å². The third-order valence-corrected chi connectivity index (χ3v) is 3.03. The fourth-order valence-corrected chi connectivity index (χ4v) is 2.01. The number of benzene rings is 1. The smallest absolute Gasteiger partial charge is 0.228 e. The van der Waals surface area contributed by atoms with Crippen LogP contribution in [0.3, 0.4) is 0 Å². The second-order valence-corrected chi connectivity index (χ2v) is 3.99. The van der Waals surface area contributed by atoms with Crippen molar-refractivity contribution in [1.29, 1.82) is 0 Å². The quantitative estimate of drug-likeness (QED) is 0.749. The summed E-state index contributed by atoms with van der Waals surface area (Å²) in [6.07, 6.45) is 0. The van der Waals surface area contributed by atoms with E-state index in [-0.39, 0.29) is 24.5 Å². The average molecular weight is 205 g/mol. The number of nitrogens with zero attached hydrogens (tertiary/aromatic N) is 1. The zero-order valence-electron chi connectivity index (χ0n) is 8.76. The lowest BCUT2D eigenvalue weighted by Crippen LogP contribution is -2.60. The Morgan fingerprint density at radius 3 is 2.60 bits per heavy atom. The monoisotopic (exact) mass is 205 g/mol. The maximum Gasteiger partial charge on any atom is 0.228 e. The molecule has 1 aliphatic heterocycles. The lowest BCUT2D eigenvalue weighted by Gasteiger charge is -2.45. The Morgan fingerprint density at radius 2 is 2.00 bits per heavy atom. The number of carbonyl (C=O) groups excluding carboxylic acids is 1.